The zero-order chi connectivity index (χ0) is 22.1. The molecule has 0 aliphatic carbocycles. The quantitative estimate of drug-likeness (QED) is 0.352. The molecule has 4 aromatic carbocycles. The number of hydrogen-bond donors (Lipinski definition) is 1. The summed E-state index contributed by atoms with van der Waals surface area (Å²) in [6, 6.07) is 30.4. The summed E-state index contributed by atoms with van der Waals surface area (Å²) in [5.74, 6) is -0.914. The molecule has 32 heavy (non-hydrogen) atoms. The second kappa shape index (κ2) is 7.78. The number of nitrogens with two attached hydrogens (primary N) is 1. The smallest absolute Gasteiger partial charge is 0.341 e. The molecule has 4 aromatic rings. The van der Waals surface area contributed by atoms with E-state index < -0.39 is 11.8 Å². The molecule has 158 valence electrons. The third-order valence-corrected chi connectivity index (χ3v) is 5.51. The average molecular weight is 423 g/mol. The Kier molecular flexibility index (Phi) is 4.79. The van der Waals surface area contributed by atoms with Gasteiger partial charge in [-0.3, -0.25) is 0 Å². The number of methoxy groups -OCH3 is 1. The Labute approximate surface area is 186 Å². The van der Waals surface area contributed by atoms with Crippen molar-refractivity contribution in [2.75, 3.05) is 12.8 Å². The standard InChI is InChI=1S/C27H21NO4/c1-30-26(29)23-16-19(18-12-14-22(28)15-13-18)17-24-25(23)32-27(31-24,20-8-4-2-5-9-20)21-10-6-3-7-11-21/h2-17H,28H2,1H3. The van der Waals surface area contributed by atoms with Gasteiger partial charge in [0.15, 0.2) is 11.5 Å². The highest BCUT2D eigenvalue weighted by Crippen LogP contribution is 2.51. The molecule has 0 bridgehead atoms. The van der Waals surface area contributed by atoms with Crippen LogP contribution in [0.25, 0.3) is 11.1 Å². The second-order valence-electron chi connectivity index (χ2n) is 7.52. The van der Waals surface area contributed by atoms with Crippen LogP contribution in [0.1, 0.15) is 21.5 Å². The zero-order valence-electron chi connectivity index (χ0n) is 17.4. The number of ether oxygens (including phenoxy) is 3. The minimum Gasteiger partial charge on any atom is -0.465 e. The van der Waals surface area contributed by atoms with Crippen LogP contribution in [0, 0.1) is 0 Å². The Morgan fingerprint density at radius 1 is 0.781 bits per heavy atom. The Hall–Kier alpha value is -4.25. The number of carbonyl (C=O) groups is 1. The highest BCUT2D eigenvalue weighted by molar-refractivity contribution is 5.96. The lowest BCUT2D eigenvalue weighted by Gasteiger charge is -2.28. The van der Waals surface area contributed by atoms with Crippen LogP contribution in [0.4, 0.5) is 5.69 Å². The van der Waals surface area contributed by atoms with Crippen LogP contribution in [0.15, 0.2) is 97.1 Å². The van der Waals surface area contributed by atoms with Gasteiger partial charge in [0.05, 0.1) is 7.11 Å². The fraction of sp³-hybridized carbons (Fsp3) is 0.0741. The summed E-state index contributed by atoms with van der Waals surface area (Å²) in [6.45, 7) is 0. The zero-order valence-corrected chi connectivity index (χ0v) is 17.4. The van der Waals surface area contributed by atoms with Gasteiger partial charge in [-0.2, -0.15) is 0 Å². The first kappa shape index (κ1) is 19.7. The summed E-state index contributed by atoms with van der Waals surface area (Å²) in [5, 5.41) is 0. The minimum atomic E-state index is -1.23. The molecule has 5 rings (SSSR count). The van der Waals surface area contributed by atoms with Crippen LogP contribution < -0.4 is 15.2 Å². The fourth-order valence-corrected chi connectivity index (χ4v) is 3.92. The van der Waals surface area contributed by atoms with Gasteiger partial charge in [0, 0.05) is 16.8 Å². The molecule has 0 unspecified atom stereocenters. The number of benzene rings is 4. The van der Waals surface area contributed by atoms with Crippen molar-refractivity contribution in [2.24, 2.45) is 0 Å². The molecular formula is C27H21NO4. The molecule has 0 atom stereocenters. The van der Waals surface area contributed by atoms with Crippen molar-refractivity contribution in [3.63, 3.8) is 0 Å². The molecule has 0 aromatic heterocycles. The van der Waals surface area contributed by atoms with Crippen LogP contribution in [0.2, 0.25) is 0 Å². The average Bonchev–Trinajstić information content (AvgIpc) is 3.25. The molecule has 2 N–H and O–H groups in total. The predicted molar refractivity (Wildman–Crippen MR) is 123 cm³/mol. The van der Waals surface area contributed by atoms with Gasteiger partial charge >= 0.3 is 11.8 Å². The van der Waals surface area contributed by atoms with Gasteiger partial charge in [0.2, 0.25) is 0 Å². The molecule has 1 aliphatic rings. The van der Waals surface area contributed by atoms with E-state index in [0.29, 0.717) is 22.7 Å². The molecule has 0 saturated carbocycles. The van der Waals surface area contributed by atoms with Gasteiger partial charge < -0.3 is 19.9 Å². The summed E-state index contributed by atoms with van der Waals surface area (Å²) >= 11 is 0. The maximum Gasteiger partial charge on any atom is 0.341 e. The lowest BCUT2D eigenvalue weighted by molar-refractivity contribution is -0.0462. The summed E-state index contributed by atoms with van der Waals surface area (Å²) in [7, 11) is 1.35. The van der Waals surface area contributed by atoms with E-state index in [2.05, 4.69) is 0 Å². The van der Waals surface area contributed by atoms with Crippen molar-refractivity contribution in [2.45, 2.75) is 5.79 Å². The maximum atomic E-state index is 12.7. The number of nitrogen functional groups attached to an aromatic ring is 1. The number of carbonyl (C=O) groups excluding carboxylic acids is 1. The molecule has 1 heterocycles. The van der Waals surface area contributed by atoms with Crippen LogP contribution in [0.5, 0.6) is 11.5 Å². The first-order valence-electron chi connectivity index (χ1n) is 10.2. The first-order valence-corrected chi connectivity index (χ1v) is 10.2. The Morgan fingerprint density at radius 2 is 1.38 bits per heavy atom. The van der Waals surface area contributed by atoms with Crippen molar-refractivity contribution in [1.82, 2.24) is 0 Å². The molecule has 0 amide bonds. The summed E-state index contributed by atoms with van der Waals surface area (Å²) in [4.78, 5) is 12.7. The molecule has 5 nitrogen and oxygen atoms in total. The van der Waals surface area contributed by atoms with E-state index in [-0.39, 0.29) is 0 Å². The number of esters is 1. The first-order chi connectivity index (χ1) is 15.6. The second-order valence-corrected chi connectivity index (χ2v) is 7.52. The fourth-order valence-electron chi connectivity index (χ4n) is 3.92. The van der Waals surface area contributed by atoms with Gasteiger partial charge in [-0.25, -0.2) is 4.79 Å². The van der Waals surface area contributed by atoms with E-state index in [9.17, 15) is 4.79 Å². The monoisotopic (exact) mass is 423 g/mol. The van der Waals surface area contributed by atoms with Gasteiger partial charge in [0.1, 0.15) is 5.56 Å². The van der Waals surface area contributed by atoms with E-state index in [1.54, 1.807) is 6.07 Å². The van der Waals surface area contributed by atoms with Gasteiger partial charge in [0.25, 0.3) is 0 Å². The van der Waals surface area contributed by atoms with Crippen LogP contribution >= 0.6 is 0 Å². The number of fused-ring (bicyclic) bond motifs is 1. The third kappa shape index (κ3) is 3.24. The lowest BCUT2D eigenvalue weighted by atomic mass is 9.97. The van der Waals surface area contributed by atoms with E-state index in [1.807, 2.05) is 91.0 Å². The number of rotatable bonds is 4. The summed E-state index contributed by atoms with van der Waals surface area (Å²) in [6.07, 6.45) is 0. The summed E-state index contributed by atoms with van der Waals surface area (Å²) in [5.41, 5.74) is 10.1. The molecule has 5 heteroatoms. The summed E-state index contributed by atoms with van der Waals surface area (Å²) < 4.78 is 18.1. The molecule has 0 saturated heterocycles. The molecule has 1 aliphatic heterocycles. The van der Waals surface area contributed by atoms with Crippen LogP contribution in [0.3, 0.4) is 0 Å². The van der Waals surface area contributed by atoms with E-state index in [0.717, 1.165) is 22.3 Å². The minimum absolute atomic E-state index is 0.297. The lowest BCUT2D eigenvalue weighted by Crippen LogP contribution is -2.36. The highest BCUT2D eigenvalue weighted by atomic mass is 16.7. The van der Waals surface area contributed by atoms with Gasteiger partial charge in [-0.15, -0.1) is 0 Å². The number of anilines is 1. The molecule has 0 radical (unpaired) electrons. The molecular weight excluding hydrogens is 402 g/mol. The van der Waals surface area contributed by atoms with E-state index >= 15 is 0 Å². The largest absolute Gasteiger partial charge is 0.465 e. The third-order valence-electron chi connectivity index (χ3n) is 5.51. The maximum absolute atomic E-state index is 12.7. The van der Waals surface area contributed by atoms with Crippen LogP contribution in [-0.4, -0.2) is 13.1 Å². The Bertz CT molecular complexity index is 1230. The van der Waals surface area contributed by atoms with Gasteiger partial charge in [-0.1, -0.05) is 72.8 Å². The van der Waals surface area contributed by atoms with Gasteiger partial charge in [-0.05, 0) is 35.4 Å². The van der Waals surface area contributed by atoms with Crippen molar-refractivity contribution in [3.8, 4) is 22.6 Å². The predicted octanol–water partition coefficient (Wildman–Crippen LogP) is 5.39. The van der Waals surface area contributed by atoms with Crippen molar-refractivity contribution in [1.29, 1.82) is 0 Å². The van der Waals surface area contributed by atoms with Crippen molar-refractivity contribution < 1.29 is 19.0 Å². The van der Waals surface area contributed by atoms with Crippen molar-refractivity contribution >= 4 is 11.7 Å². The highest BCUT2D eigenvalue weighted by Gasteiger charge is 2.47. The van der Waals surface area contributed by atoms with E-state index in [4.69, 9.17) is 19.9 Å². The number of hydrogen-bond acceptors (Lipinski definition) is 5. The molecule has 0 fully saturated rings. The SMILES string of the molecule is COC(=O)c1cc(-c2ccc(N)cc2)cc2c1OC(c1ccccc1)(c1ccccc1)O2. The van der Waals surface area contributed by atoms with Crippen molar-refractivity contribution in [3.05, 3.63) is 114 Å². The van der Waals surface area contributed by atoms with E-state index in [1.165, 1.54) is 7.11 Å². The topological polar surface area (TPSA) is 70.8 Å². The molecule has 0 spiro atoms. The van der Waals surface area contributed by atoms with Crippen LogP contribution in [-0.2, 0) is 10.5 Å². The normalized spacial score (nSPS) is 13.5. The Balaban J connectivity index is 1.70. The Morgan fingerprint density at radius 3 is 1.94 bits per heavy atom.